The van der Waals surface area contributed by atoms with E-state index in [4.69, 9.17) is 21.1 Å². The minimum absolute atomic E-state index is 0.105. The Bertz CT molecular complexity index is 1020. The average Bonchev–Trinajstić information content (AvgIpc) is 2.72. The van der Waals surface area contributed by atoms with Crippen molar-refractivity contribution in [3.05, 3.63) is 58.1 Å². The van der Waals surface area contributed by atoms with E-state index in [2.05, 4.69) is 5.32 Å². The van der Waals surface area contributed by atoms with Crippen LogP contribution in [0.15, 0.2) is 42.0 Å². The molecule has 0 unspecified atom stereocenters. The van der Waals surface area contributed by atoms with Gasteiger partial charge in [0.1, 0.15) is 24.9 Å². The lowest BCUT2D eigenvalue weighted by Gasteiger charge is -2.19. The molecule has 0 saturated heterocycles. The smallest absolute Gasteiger partial charge is 0.266 e. The molecule has 0 spiro atoms. The van der Waals surface area contributed by atoms with Crippen molar-refractivity contribution in [2.45, 2.75) is 0 Å². The summed E-state index contributed by atoms with van der Waals surface area (Å²) < 4.78 is 11.0. The molecule has 1 N–H and O–H groups in total. The predicted molar refractivity (Wildman–Crippen MR) is 109 cm³/mol. The van der Waals surface area contributed by atoms with E-state index < -0.39 is 5.91 Å². The van der Waals surface area contributed by atoms with Crippen LogP contribution in [0.2, 0.25) is 5.02 Å². The fourth-order valence-electron chi connectivity index (χ4n) is 2.68. The van der Waals surface area contributed by atoms with Crippen LogP contribution >= 0.6 is 11.6 Å². The molecule has 8 heteroatoms. The Morgan fingerprint density at radius 1 is 1.17 bits per heavy atom. The first-order valence-electron chi connectivity index (χ1n) is 8.73. The second kappa shape index (κ2) is 8.67. The number of rotatable bonds is 4. The molecule has 2 aromatic rings. The first kappa shape index (κ1) is 20.2. The van der Waals surface area contributed by atoms with E-state index in [0.29, 0.717) is 46.5 Å². The summed E-state index contributed by atoms with van der Waals surface area (Å²) >= 11 is 6.20. The Morgan fingerprint density at radius 2 is 1.86 bits per heavy atom. The van der Waals surface area contributed by atoms with Gasteiger partial charge in [0.2, 0.25) is 0 Å². The molecule has 1 heterocycles. The van der Waals surface area contributed by atoms with Crippen LogP contribution < -0.4 is 14.8 Å². The number of halogens is 1. The minimum atomic E-state index is -0.579. The molecule has 2 aromatic carbocycles. The highest BCUT2D eigenvalue weighted by molar-refractivity contribution is 6.32. The summed E-state index contributed by atoms with van der Waals surface area (Å²) in [6, 6.07) is 11.6. The Balaban J connectivity index is 1.78. The lowest BCUT2D eigenvalue weighted by atomic mass is 10.1. The molecule has 0 radical (unpaired) electrons. The quantitative estimate of drug-likeness (QED) is 0.615. The molecule has 2 amide bonds. The Labute approximate surface area is 173 Å². The van der Waals surface area contributed by atoms with Crippen molar-refractivity contribution < 1.29 is 19.1 Å². The van der Waals surface area contributed by atoms with Crippen LogP contribution in [0.4, 0.5) is 5.69 Å². The molecule has 0 fully saturated rings. The number of nitrogens with zero attached hydrogens (tertiary/aromatic N) is 2. The van der Waals surface area contributed by atoms with Crippen molar-refractivity contribution in [1.82, 2.24) is 4.90 Å². The molecule has 0 bridgehead atoms. The van der Waals surface area contributed by atoms with Crippen molar-refractivity contribution >= 4 is 35.2 Å². The van der Waals surface area contributed by atoms with E-state index >= 15 is 0 Å². The molecular weight excluding hydrogens is 394 g/mol. The normalized spacial score (nSPS) is 12.7. The molecule has 1 aliphatic rings. The van der Waals surface area contributed by atoms with E-state index in [1.165, 1.54) is 11.0 Å². The van der Waals surface area contributed by atoms with E-state index in [9.17, 15) is 14.9 Å². The van der Waals surface area contributed by atoms with Crippen LogP contribution in [0, 0.1) is 11.3 Å². The maximum atomic E-state index is 12.5. The first-order chi connectivity index (χ1) is 13.9. The summed E-state index contributed by atoms with van der Waals surface area (Å²) in [7, 11) is 3.32. The lowest BCUT2D eigenvalue weighted by molar-refractivity contribution is -0.112. The number of ether oxygens (including phenoxy) is 2. The van der Waals surface area contributed by atoms with Gasteiger partial charge in [-0.25, -0.2) is 0 Å². The van der Waals surface area contributed by atoms with Gasteiger partial charge in [-0.3, -0.25) is 9.59 Å². The Morgan fingerprint density at radius 3 is 2.52 bits per heavy atom. The van der Waals surface area contributed by atoms with Crippen molar-refractivity contribution in [2.75, 3.05) is 32.6 Å². The number of benzene rings is 2. The van der Waals surface area contributed by atoms with Gasteiger partial charge in [0.25, 0.3) is 11.8 Å². The number of carbonyl (C=O) groups is 2. The van der Waals surface area contributed by atoms with Gasteiger partial charge in [0, 0.05) is 25.3 Å². The molecule has 148 valence electrons. The number of hydrogen-bond donors (Lipinski definition) is 1. The maximum absolute atomic E-state index is 12.5. The summed E-state index contributed by atoms with van der Waals surface area (Å²) in [4.78, 5) is 25.9. The predicted octanol–water partition coefficient (Wildman–Crippen LogP) is 3.36. The molecule has 3 rings (SSSR count). The summed E-state index contributed by atoms with van der Waals surface area (Å²) in [6.07, 6.45) is 1.42. The lowest BCUT2D eigenvalue weighted by Crippen LogP contribution is -2.21. The molecule has 7 nitrogen and oxygen atoms in total. The standard InChI is InChI=1S/C21H18ClN3O4/c1-25(2)21(27)14-3-5-16(6-4-14)24-20(26)15(12-23)9-13-10-17(22)19-18(11-13)28-7-8-29-19/h3-6,9-11H,7-8H2,1-2H3,(H,24,26)/b15-9+. The van der Waals surface area contributed by atoms with Crippen molar-refractivity contribution in [2.24, 2.45) is 0 Å². The summed E-state index contributed by atoms with van der Waals surface area (Å²) in [5, 5.41) is 12.4. The van der Waals surface area contributed by atoms with Crippen LogP contribution in [0.5, 0.6) is 11.5 Å². The molecule has 0 aromatic heterocycles. The number of fused-ring (bicyclic) bond motifs is 1. The zero-order valence-corrected chi connectivity index (χ0v) is 16.6. The van der Waals surface area contributed by atoms with Crippen LogP contribution in [-0.4, -0.2) is 44.0 Å². The van der Waals surface area contributed by atoms with Crippen molar-refractivity contribution in [3.63, 3.8) is 0 Å². The van der Waals surface area contributed by atoms with Crippen LogP contribution in [0.3, 0.4) is 0 Å². The summed E-state index contributed by atoms with van der Waals surface area (Å²) in [6.45, 7) is 0.807. The molecule has 0 aliphatic carbocycles. The van der Waals surface area contributed by atoms with Crippen LogP contribution in [0.25, 0.3) is 6.08 Å². The van der Waals surface area contributed by atoms with Gasteiger partial charge in [-0.05, 0) is 48.0 Å². The average molecular weight is 412 g/mol. The fourth-order valence-corrected chi connectivity index (χ4v) is 2.96. The molecule has 29 heavy (non-hydrogen) atoms. The minimum Gasteiger partial charge on any atom is -0.486 e. The fraction of sp³-hybridized carbons (Fsp3) is 0.190. The topological polar surface area (TPSA) is 91.7 Å². The van der Waals surface area contributed by atoms with E-state index in [0.717, 1.165) is 0 Å². The van der Waals surface area contributed by atoms with Gasteiger partial charge in [0.05, 0.1) is 5.02 Å². The van der Waals surface area contributed by atoms with Crippen LogP contribution in [0.1, 0.15) is 15.9 Å². The molecule has 1 aliphatic heterocycles. The van der Waals surface area contributed by atoms with E-state index in [1.807, 2.05) is 6.07 Å². The van der Waals surface area contributed by atoms with Gasteiger partial charge < -0.3 is 19.7 Å². The summed E-state index contributed by atoms with van der Waals surface area (Å²) in [5.41, 5.74) is 1.39. The van der Waals surface area contributed by atoms with Gasteiger partial charge in [0.15, 0.2) is 11.5 Å². The molecule has 0 atom stereocenters. The summed E-state index contributed by atoms with van der Waals surface area (Å²) in [5.74, 6) is 0.195. The molecular formula is C21H18ClN3O4. The monoisotopic (exact) mass is 411 g/mol. The maximum Gasteiger partial charge on any atom is 0.266 e. The van der Waals surface area contributed by atoms with E-state index in [1.54, 1.807) is 50.5 Å². The highest BCUT2D eigenvalue weighted by atomic mass is 35.5. The number of hydrogen-bond acceptors (Lipinski definition) is 5. The van der Waals surface area contributed by atoms with E-state index in [-0.39, 0.29) is 11.5 Å². The zero-order chi connectivity index (χ0) is 21.0. The highest BCUT2D eigenvalue weighted by Gasteiger charge is 2.17. The number of nitriles is 1. The van der Waals surface area contributed by atoms with Crippen molar-refractivity contribution in [1.29, 1.82) is 5.26 Å². The third kappa shape index (κ3) is 4.68. The number of anilines is 1. The van der Waals surface area contributed by atoms with Gasteiger partial charge >= 0.3 is 0 Å². The Hall–Kier alpha value is -3.50. The van der Waals surface area contributed by atoms with Gasteiger partial charge in [-0.1, -0.05) is 11.6 Å². The van der Waals surface area contributed by atoms with Gasteiger partial charge in [-0.15, -0.1) is 0 Å². The van der Waals surface area contributed by atoms with Crippen molar-refractivity contribution in [3.8, 4) is 17.6 Å². The number of amides is 2. The first-order valence-corrected chi connectivity index (χ1v) is 9.11. The SMILES string of the molecule is CN(C)C(=O)c1ccc(NC(=O)/C(C#N)=C/c2cc(Cl)c3c(c2)OCCO3)cc1. The Kier molecular flexibility index (Phi) is 6.05. The second-order valence-electron chi connectivity index (χ2n) is 6.43. The van der Waals surface area contributed by atoms with Crippen LogP contribution in [-0.2, 0) is 4.79 Å². The highest BCUT2D eigenvalue weighted by Crippen LogP contribution is 2.38. The largest absolute Gasteiger partial charge is 0.486 e. The third-order valence-electron chi connectivity index (χ3n) is 4.09. The van der Waals surface area contributed by atoms with Gasteiger partial charge in [-0.2, -0.15) is 5.26 Å². The number of carbonyl (C=O) groups excluding carboxylic acids is 2. The third-order valence-corrected chi connectivity index (χ3v) is 4.37. The zero-order valence-electron chi connectivity index (χ0n) is 15.9. The molecule has 0 saturated carbocycles. The number of nitrogens with one attached hydrogen (secondary N) is 1. The second-order valence-corrected chi connectivity index (χ2v) is 6.83.